The van der Waals surface area contributed by atoms with Crippen LogP contribution >= 0.6 is 0 Å². The van der Waals surface area contributed by atoms with Crippen LogP contribution in [0.3, 0.4) is 0 Å². The molecule has 32 heavy (non-hydrogen) atoms. The molecule has 164 valence electrons. The van der Waals surface area contributed by atoms with Gasteiger partial charge in [0.25, 0.3) is 5.91 Å². The summed E-state index contributed by atoms with van der Waals surface area (Å²) in [7, 11) is 0. The molecule has 0 radical (unpaired) electrons. The van der Waals surface area contributed by atoms with E-state index in [9.17, 15) is 10.1 Å². The van der Waals surface area contributed by atoms with E-state index in [1.165, 1.54) is 5.56 Å². The Bertz CT molecular complexity index is 1150. The number of nitriles is 1. The van der Waals surface area contributed by atoms with E-state index in [0.29, 0.717) is 19.7 Å². The number of benzene rings is 2. The second-order valence-corrected chi connectivity index (χ2v) is 7.97. The fourth-order valence-corrected chi connectivity index (χ4v) is 3.88. The molecule has 1 N–H and O–H groups in total. The molecule has 1 unspecified atom stereocenters. The van der Waals surface area contributed by atoms with Crippen molar-refractivity contribution in [3.05, 3.63) is 71.4 Å². The third kappa shape index (κ3) is 5.19. The third-order valence-corrected chi connectivity index (χ3v) is 5.62. The van der Waals surface area contributed by atoms with E-state index in [1.54, 1.807) is 6.08 Å². The third-order valence-electron chi connectivity index (χ3n) is 5.62. The first-order chi connectivity index (χ1) is 15.6. The topological polar surface area (TPSA) is 76.3 Å². The Morgan fingerprint density at radius 3 is 2.84 bits per heavy atom. The van der Waals surface area contributed by atoms with Gasteiger partial charge in [-0.2, -0.15) is 5.26 Å². The summed E-state index contributed by atoms with van der Waals surface area (Å²) < 4.78 is 13.5. The average molecular weight is 430 g/mol. The molecule has 4 rings (SSSR count). The number of carbonyl (C=O) groups excluding carboxylic acids is 1. The Balaban J connectivity index is 1.48. The van der Waals surface area contributed by atoms with Gasteiger partial charge in [-0.25, -0.2) is 0 Å². The van der Waals surface area contributed by atoms with Crippen molar-refractivity contribution in [3.63, 3.8) is 0 Å². The van der Waals surface area contributed by atoms with Crippen molar-refractivity contribution in [2.75, 3.05) is 19.8 Å². The molecule has 1 atom stereocenters. The standard InChI is InChI=1S/C26H27N3O3/c1-19-8-10-22(11-9-19)32-14-12-29-18-21(24-6-2-3-7-25(24)29)15-20(16-27)26(30)28-17-23-5-4-13-31-23/h2-3,6-11,15,18,23H,4-5,12-14,17H2,1H3,(H,28,30)/b20-15+. The molecule has 0 bridgehead atoms. The monoisotopic (exact) mass is 429 g/mol. The number of fused-ring (bicyclic) bond motifs is 1. The highest BCUT2D eigenvalue weighted by atomic mass is 16.5. The number of nitrogens with zero attached hydrogens (tertiary/aromatic N) is 2. The van der Waals surface area contributed by atoms with Crippen LogP contribution in [0, 0.1) is 18.3 Å². The summed E-state index contributed by atoms with van der Waals surface area (Å²) >= 11 is 0. The zero-order valence-electron chi connectivity index (χ0n) is 18.2. The molecule has 6 heteroatoms. The van der Waals surface area contributed by atoms with E-state index in [-0.39, 0.29) is 17.6 Å². The van der Waals surface area contributed by atoms with Crippen LogP contribution in [0.1, 0.15) is 24.0 Å². The lowest BCUT2D eigenvalue weighted by Gasteiger charge is -2.10. The second-order valence-electron chi connectivity index (χ2n) is 7.97. The smallest absolute Gasteiger partial charge is 0.262 e. The van der Waals surface area contributed by atoms with Crippen molar-refractivity contribution in [1.82, 2.24) is 9.88 Å². The maximum atomic E-state index is 12.5. The van der Waals surface area contributed by atoms with Crippen LogP contribution in [0.15, 0.2) is 60.3 Å². The first-order valence-electron chi connectivity index (χ1n) is 10.9. The number of hydrogen-bond donors (Lipinski definition) is 1. The van der Waals surface area contributed by atoms with Crippen molar-refractivity contribution < 1.29 is 14.3 Å². The molecule has 1 aliphatic heterocycles. The van der Waals surface area contributed by atoms with Crippen LogP contribution in [-0.2, 0) is 16.1 Å². The van der Waals surface area contributed by atoms with E-state index >= 15 is 0 Å². The number of amides is 1. The lowest BCUT2D eigenvalue weighted by Crippen LogP contribution is -2.32. The SMILES string of the molecule is Cc1ccc(OCCn2cc(/C=C(\C#N)C(=O)NCC3CCCO3)c3ccccc32)cc1. The van der Waals surface area contributed by atoms with Crippen molar-refractivity contribution in [2.24, 2.45) is 0 Å². The fraction of sp³-hybridized carbons (Fsp3) is 0.308. The Morgan fingerprint density at radius 2 is 2.09 bits per heavy atom. The van der Waals surface area contributed by atoms with Crippen molar-refractivity contribution in [3.8, 4) is 11.8 Å². The summed E-state index contributed by atoms with van der Waals surface area (Å²) in [5, 5.41) is 13.4. The van der Waals surface area contributed by atoms with Crippen LogP contribution in [0.5, 0.6) is 5.75 Å². The largest absolute Gasteiger partial charge is 0.492 e. The number of ether oxygens (including phenoxy) is 2. The number of para-hydroxylation sites is 1. The van der Waals surface area contributed by atoms with Crippen LogP contribution in [0.4, 0.5) is 0 Å². The molecule has 2 heterocycles. The molecule has 1 saturated heterocycles. The minimum absolute atomic E-state index is 0.0364. The predicted molar refractivity (Wildman–Crippen MR) is 124 cm³/mol. The van der Waals surface area contributed by atoms with Crippen LogP contribution in [0.25, 0.3) is 17.0 Å². The Morgan fingerprint density at radius 1 is 1.28 bits per heavy atom. The predicted octanol–water partition coefficient (Wildman–Crippen LogP) is 4.23. The first-order valence-corrected chi connectivity index (χ1v) is 10.9. The first kappa shape index (κ1) is 21.7. The van der Waals surface area contributed by atoms with Gasteiger partial charge in [-0.05, 0) is 44.0 Å². The van der Waals surface area contributed by atoms with Gasteiger partial charge in [-0.15, -0.1) is 0 Å². The summed E-state index contributed by atoms with van der Waals surface area (Å²) in [5.41, 5.74) is 3.14. The van der Waals surface area contributed by atoms with Gasteiger partial charge in [0.15, 0.2) is 0 Å². The summed E-state index contributed by atoms with van der Waals surface area (Å²) in [5.74, 6) is 0.462. The molecule has 2 aromatic carbocycles. The quantitative estimate of drug-likeness (QED) is 0.429. The highest BCUT2D eigenvalue weighted by Crippen LogP contribution is 2.24. The lowest BCUT2D eigenvalue weighted by atomic mass is 10.1. The van der Waals surface area contributed by atoms with E-state index < -0.39 is 0 Å². The summed E-state index contributed by atoms with van der Waals surface area (Å²) in [4.78, 5) is 12.5. The Kier molecular flexibility index (Phi) is 6.88. The number of carbonyl (C=O) groups is 1. The van der Waals surface area contributed by atoms with Crippen molar-refractivity contribution >= 4 is 22.9 Å². The number of hydrogen-bond acceptors (Lipinski definition) is 4. The number of rotatable bonds is 8. The van der Waals surface area contributed by atoms with Crippen molar-refractivity contribution in [2.45, 2.75) is 32.4 Å². The molecule has 1 aromatic heterocycles. The van der Waals surface area contributed by atoms with E-state index in [0.717, 1.165) is 41.7 Å². The number of aryl methyl sites for hydroxylation is 1. The lowest BCUT2D eigenvalue weighted by molar-refractivity contribution is -0.117. The van der Waals surface area contributed by atoms with Gasteiger partial charge in [0, 0.05) is 35.8 Å². The number of aromatic nitrogens is 1. The van der Waals surface area contributed by atoms with Gasteiger partial charge < -0.3 is 19.4 Å². The minimum atomic E-state index is -0.373. The highest BCUT2D eigenvalue weighted by Gasteiger charge is 2.18. The molecule has 1 amide bonds. The maximum absolute atomic E-state index is 12.5. The maximum Gasteiger partial charge on any atom is 0.262 e. The zero-order valence-corrected chi connectivity index (χ0v) is 18.2. The second kappa shape index (κ2) is 10.2. The molecular formula is C26H27N3O3. The molecule has 0 aliphatic carbocycles. The molecule has 1 aliphatic rings. The van der Waals surface area contributed by atoms with Crippen LogP contribution in [0.2, 0.25) is 0 Å². The average Bonchev–Trinajstić information content (AvgIpc) is 3.45. The molecule has 1 fully saturated rings. The highest BCUT2D eigenvalue weighted by molar-refractivity contribution is 6.04. The van der Waals surface area contributed by atoms with Gasteiger partial charge in [0.1, 0.15) is 24.0 Å². The van der Waals surface area contributed by atoms with Gasteiger partial charge in [0.2, 0.25) is 0 Å². The summed E-state index contributed by atoms with van der Waals surface area (Å²) in [6.07, 6.45) is 5.60. The zero-order chi connectivity index (χ0) is 22.3. The Labute approximate surface area is 188 Å². The summed E-state index contributed by atoms with van der Waals surface area (Å²) in [6, 6.07) is 18.0. The van der Waals surface area contributed by atoms with E-state index in [1.807, 2.05) is 67.7 Å². The minimum Gasteiger partial charge on any atom is -0.492 e. The normalized spacial score (nSPS) is 16.1. The van der Waals surface area contributed by atoms with E-state index in [4.69, 9.17) is 9.47 Å². The van der Waals surface area contributed by atoms with E-state index in [2.05, 4.69) is 9.88 Å². The number of nitrogens with one attached hydrogen (secondary N) is 1. The van der Waals surface area contributed by atoms with Crippen LogP contribution < -0.4 is 10.1 Å². The molecule has 0 saturated carbocycles. The van der Waals surface area contributed by atoms with Crippen molar-refractivity contribution in [1.29, 1.82) is 5.26 Å². The molecule has 3 aromatic rings. The molecule has 0 spiro atoms. The van der Waals surface area contributed by atoms with Gasteiger partial charge in [0.05, 0.1) is 12.6 Å². The Hall–Kier alpha value is -3.56. The van der Waals surface area contributed by atoms with Gasteiger partial charge in [-0.3, -0.25) is 4.79 Å². The van der Waals surface area contributed by atoms with Gasteiger partial charge >= 0.3 is 0 Å². The summed E-state index contributed by atoms with van der Waals surface area (Å²) in [6.45, 7) is 4.36. The molecule has 6 nitrogen and oxygen atoms in total. The van der Waals surface area contributed by atoms with Crippen LogP contribution in [-0.4, -0.2) is 36.3 Å². The van der Waals surface area contributed by atoms with Gasteiger partial charge in [-0.1, -0.05) is 35.9 Å². The fourth-order valence-electron chi connectivity index (χ4n) is 3.88. The molecular weight excluding hydrogens is 402 g/mol.